The first kappa shape index (κ1) is 15.5. The molecular weight excluding hydrogens is 242 g/mol. The lowest BCUT2D eigenvalue weighted by molar-refractivity contribution is -0.153. The molecule has 0 heterocycles. The van der Waals surface area contributed by atoms with Crippen molar-refractivity contribution in [2.75, 3.05) is 19.7 Å². The summed E-state index contributed by atoms with van der Waals surface area (Å²) in [6, 6.07) is 7.88. The van der Waals surface area contributed by atoms with Gasteiger partial charge in [-0.2, -0.15) is 0 Å². The number of carbonyl (C=O) groups is 1. The Bertz CT molecular complexity index is 410. The minimum Gasteiger partial charge on any atom is -0.492 e. The molecule has 0 saturated carbocycles. The molecule has 106 valence electrons. The predicted octanol–water partition coefficient (Wildman–Crippen LogP) is 2.31. The third kappa shape index (κ3) is 7.47. The lowest BCUT2D eigenvalue weighted by Crippen LogP contribution is -2.33. The maximum Gasteiger partial charge on any atom is 0.320 e. The maximum absolute atomic E-state index is 11.4. The Morgan fingerprint density at radius 2 is 2.05 bits per heavy atom. The second-order valence-corrected chi connectivity index (χ2v) is 5.43. The third-order valence-corrected chi connectivity index (χ3v) is 2.23. The summed E-state index contributed by atoms with van der Waals surface area (Å²) < 4.78 is 10.7. The van der Waals surface area contributed by atoms with Crippen molar-refractivity contribution in [3.05, 3.63) is 29.8 Å². The van der Waals surface area contributed by atoms with Crippen LogP contribution in [0.15, 0.2) is 24.3 Å². The van der Waals surface area contributed by atoms with Crippen LogP contribution in [0.4, 0.5) is 0 Å². The van der Waals surface area contributed by atoms with Gasteiger partial charge in [0, 0.05) is 6.54 Å². The van der Waals surface area contributed by atoms with E-state index < -0.39 is 5.60 Å². The van der Waals surface area contributed by atoms with Gasteiger partial charge in [-0.25, -0.2) is 0 Å². The van der Waals surface area contributed by atoms with Crippen LogP contribution in [0.3, 0.4) is 0 Å². The zero-order valence-corrected chi connectivity index (χ0v) is 12.2. The normalized spacial score (nSPS) is 11.2. The monoisotopic (exact) mass is 265 g/mol. The van der Waals surface area contributed by atoms with Crippen LogP contribution in [0, 0.1) is 6.92 Å². The van der Waals surface area contributed by atoms with E-state index in [1.54, 1.807) is 0 Å². The van der Waals surface area contributed by atoms with Gasteiger partial charge >= 0.3 is 5.97 Å². The van der Waals surface area contributed by atoms with Gasteiger partial charge in [-0.05, 0) is 45.4 Å². The molecule has 1 aromatic carbocycles. The summed E-state index contributed by atoms with van der Waals surface area (Å²) in [5.41, 5.74) is 0.732. The van der Waals surface area contributed by atoms with Crippen LogP contribution in [-0.4, -0.2) is 31.3 Å². The summed E-state index contributed by atoms with van der Waals surface area (Å²) in [4.78, 5) is 11.4. The van der Waals surface area contributed by atoms with Crippen LogP contribution in [0.5, 0.6) is 5.75 Å². The number of aryl methyl sites for hydroxylation is 1. The van der Waals surface area contributed by atoms with E-state index in [0.717, 1.165) is 5.75 Å². The molecule has 1 rings (SSSR count). The highest BCUT2D eigenvalue weighted by molar-refractivity contribution is 5.72. The largest absolute Gasteiger partial charge is 0.492 e. The molecule has 0 aliphatic carbocycles. The van der Waals surface area contributed by atoms with E-state index in [0.29, 0.717) is 13.2 Å². The average molecular weight is 265 g/mol. The molecular formula is C15H23NO3. The van der Waals surface area contributed by atoms with Gasteiger partial charge in [-0.3, -0.25) is 4.79 Å². The van der Waals surface area contributed by atoms with E-state index in [-0.39, 0.29) is 12.5 Å². The van der Waals surface area contributed by atoms with Crippen molar-refractivity contribution in [1.82, 2.24) is 5.32 Å². The highest BCUT2D eigenvalue weighted by atomic mass is 16.6. The number of benzene rings is 1. The molecule has 0 bridgehead atoms. The van der Waals surface area contributed by atoms with Crippen molar-refractivity contribution >= 4 is 5.97 Å². The van der Waals surface area contributed by atoms with Crippen molar-refractivity contribution < 1.29 is 14.3 Å². The van der Waals surface area contributed by atoms with E-state index in [2.05, 4.69) is 5.32 Å². The maximum atomic E-state index is 11.4. The summed E-state index contributed by atoms with van der Waals surface area (Å²) >= 11 is 0. The fourth-order valence-electron chi connectivity index (χ4n) is 1.51. The summed E-state index contributed by atoms with van der Waals surface area (Å²) in [6.07, 6.45) is 0. The molecule has 1 N–H and O–H groups in total. The SMILES string of the molecule is Cc1cccc(OCCNCC(=O)OC(C)(C)C)c1. The average Bonchev–Trinajstić information content (AvgIpc) is 2.26. The minimum absolute atomic E-state index is 0.203. The zero-order valence-electron chi connectivity index (χ0n) is 12.2. The Morgan fingerprint density at radius 1 is 1.32 bits per heavy atom. The molecule has 0 saturated heterocycles. The molecule has 0 aliphatic rings. The van der Waals surface area contributed by atoms with Gasteiger partial charge in [0.05, 0.1) is 6.54 Å². The van der Waals surface area contributed by atoms with Gasteiger partial charge in [0.25, 0.3) is 0 Å². The molecule has 0 spiro atoms. The van der Waals surface area contributed by atoms with Gasteiger partial charge in [0.15, 0.2) is 0 Å². The Kier molecular flexibility index (Phi) is 5.83. The van der Waals surface area contributed by atoms with Crippen molar-refractivity contribution in [2.24, 2.45) is 0 Å². The molecule has 0 unspecified atom stereocenters. The number of hydrogen-bond acceptors (Lipinski definition) is 4. The molecule has 19 heavy (non-hydrogen) atoms. The second-order valence-electron chi connectivity index (χ2n) is 5.43. The van der Waals surface area contributed by atoms with Crippen LogP contribution in [0.25, 0.3) is 0 Å². The van der Waals surface area contributed by atoms with Gasteiger partial charge in [0.1, 0.15) is 18.0 Å². The van der Waals surface area contributed by atoms with Crippen LogP contribution in [0.2, 0.25) is 0 Å². The Morgan fingerprint density at radius 3 is 2.68 bits per heavy atom. The fraction of sp³-hybridized carbons (Fsp3) is 0.533. The van der Waals surface area contributed by atoms with Crippen molar-refractivity contribution in [1.29, 1.82) is 0 Å². The number of nitrogens with one attached hydrogen (secondary N) is 1. The molecule has 0 amide bonds. The number of hydrogen-bond donors (Lipinski definition) is 1. The van der Waals surface area contributed by atoms with Crippen molar-refractivity contribution in [3.63, 3.8) is 0 Å². The lowest BCUT2D eigenvalue weighted by atomic mass is 10.2. The van der Waals surface area contributed by atoms with Crippen LogP contribution in [-0.2, 0) is 9.53 Å². The molecule has 0 atom stereocenters. The van der Waals surface area contributed by atoms with E-state index in [9.17, 15) is 4.79 Å². The van der Waals surface area contributed by atoms with Gasteiger partial charge < -0.3 is 14.8 Å². The third-order valence-electron chi connectivity index (χ3n) is 2.23. The number of esters is 1. The molecule has 1 aromatic rings. The van der Waals surface area contributed by atoms with E-state index in [1.807, 2.05) is 52.0 Å². The van der Waals surface area contributed by atoms with Gasteiger partial charge in [0.2, 0.25) is 0 Å². The summed E-state index contributed by atoms with van der Waals surface area (Å²) in [7, 11) is 0. The molecule has 4 heteroatoms. The number of rotatable bonds is 6. The Labute approximate surface area is 115 Å². The number of ether oxygens (including phenoxy) is 2. The Hall–Kier alpha value is -1.55. The van der Waals surface area contributed by atoms with Crippen LogP contribution >= 0.6 is 0 Å². The first-order chi connectivity index (χ1) is 8.87. The molecule has 0 aliphatic heterocycles. The number of carbonyl (C=O) groups excluding carboxylic acids is 1. The first-order valence-corrected chi connectivity index (χ1v) is 6.49. The lowest BCUT2D eigenvalue weighted by Gasteiger charge is -2.19. The van der Waals surface area contributed by atoms with E-state index in [4.69, 9.17) is 9.47 Å². The van der Waals surface area contributed by atoms with E-state index in [1.165, 1.54) is 5.56 Å². The summed E-state index contributed by atoms with van der Waals surface area (Å²) in [5.74, 6) is 0.599. The first-order valence-electron chi connectivity index (χ1n) is 6.49. The van der Waals surface area contributed by atoms with E-state index >= 15 is 0 Å². The fourth-order valence-corrected chi connectivity index (χ4v) is 1.51. The standard InChI is InChI=1S/C15H23NO3/c1-12-6-5-7-13(10-12)18-9-8-16-11-14(17)19-15(2,3)4/h5-7,10,16H,8-9,11H2,1-4H3. The molecule has 4 nitrogen and oxygen atoms in total. The smallest absolute Gasteiger partial charge is 0.320 e. The Balaban J connectivity index is 2.13. The van der Waals surface area contributed by atoms with Crippen LogP contribution < -0.4 is 10.1 Å². The molecule has 0 aromatic heterocycles. The zero-order chi connectivity index (χ0) is 14.3. The summed E-state index contributed by atoms with van der Waals surface area (Å²) in [6.45, 7) is 8.91. The van der Waals surface area contributed by atoms with Gasteiger partial charge in [-0.15, -0.1) is 0 Å². The molecule has 0 fully saturated rings. The van der Waals surface area contributed by atoms with Crippen LogP contribution in [0.1, 0.15) is 26.3 Å². The van der Waals surface area contributed by atoms with Crippen molar-refractivity contribution in [3.8, 4) is 5.75 Å². The topological polar surface area (TPSA) is 47.6 Å². The summed E-state index contributed by atoms with van der Waals surface area (Å²) in [5, 5.41) is 2.99. The molecule has 0 radical (unpaired) electrons. The van der Waals surface area contributed by atoms with Gasteiger partial charge in [-0.1, -0.05) is 12.1 Å². The van der Waals surface area contributed by atoms with Crippen molar-refractivity contribution in [2.45, 2.75) is 33.3 Å². The quantitative estimate of drug-likeness (QED) is 0.633. The minimum atomic E-state index is -0.434. The second kappa shape index (κ2) is 7.14. The predicted molar refractivity (Wildman–Crippen MR) is 75.4 cm³/mol. The highest BCUT2D eigenvalue weighted by Gasteiger charge is 2.15. The highest BCUT2D eigenvalue weighted by Crippen LogP contribution is 2.11.